The van der Waals surface area contributed by atoms with Crippen LogP contribution in [0.1, 0.15) is 16.7 Å². The Kier molecular flexibility index (Phi) is 6.42. The molecular weight excluding hydrogens is 312 g/mol. The van der Waals surface area contributed by atoms with Gasteiger partial charge in [-0.3, -0.25) is 4.90 Å². The van der Waals surface area contributed by atoms with Crippen molar-refractivity contribution in [2.45, 2.75) is 19.6 Å². The van der Waals surface area contributed by atoms with Crippen molar-refractivity contribution in [3.8, 4) is 0 Å². The van der Waals surface area contributed by atoms with Gasteiger partial charge in [-0.2, -0.15) is 0 Å². The first-order chi connectivity index (χ1) is 12.3. The highest BCUT2D eigenvalue weighted by Crippen LogP contribution is 2.13. The molecule has 3 rings (SSSR count). The van der Waals surface area contributed by atoms with Gasteiger partial charge in [-0.25, -0.2) is 4.99 Å². The lowest BCUT2D eigenvalue weighted by molar-refractivity contribution is 0.0341. The van der Waals surface area contributed by atoms with Crippen molar-refractivity contribution in [1.29, 1.82) is 0 Å². The number of rotatable bonds is 6. The maximum atomic E-state index is 6.02. The molecule has 2 aromatic carbocycles. The van der Waals surface area contributed by atoms with E-state index in [-0.39, 0.29) is 0 Å². The molecule has 0 aromatic heterocycles. The van der Waals surface area contributed by atoms with Crippen molar-refractivity contribution >= 4 is 5.96 Å². The molecular formula is C20H26N4O. The van der Waals surface area contributed by atoms with Crippen LogP contribution in [0.3, 0.4) is 0 Å². The minimum absolute atomic E-state index is 0.477. The molecule has 0 unspecified atom stereocenters. The van der Waals surface area contributed by atoms with Gasteiger partial charge < -0.3 is 15.8 Å². The van der Waals surface area contributed by atoms with Gasteiger partial charge in [-0.15, -0.1) is 0 Å². The first-order valence-corrected chi connectivity index (χ1v) is 8.76. The average molecular weight is 338 g/mol. The van der Waals surface area contributed by atoms with E-state index < -0.39 is 0 Å². The predicted octanol–water partition coefficient (Wildman–Crippen LogP) is 2.12. The van der Waals surface area contributed by atoms with Gasteiger partial charge in [0, 0.05) is 26.2 Å². The number of hydrogen-bond donors (Lipinski definition) is 2. The summed E-state index contributed by atoms with van der Waals surface area (Å²) in [6, 6.07) is 18.6. The molecule has 25 heavy (non-hydrogen) atoms. The lowest BCUT2D eigenvalue weighted by Crippen LogP contribution is -2.36. The number of hydrogen-bond acceptors (Lipinski definition) is 3. The molecule has 0 spiro atoms. The standard InChI is InChI=1S/C20H26N4O/c21-20(22-14-17-6-2-1-3-7-17)23-15-18-8-4-5-9-19(18)16-24-10-12-25-13-11-24/h1-9H,10-16H2,(H3,21,22,23). The number of morpholine rings is 1. The minimum Gasteiger partial charge on any atom is -0.379 e. The zero-order chi connectivity index (χ0) is 17.3. The van der Waals surface area contributed by atoms with Crippen LogP contribution in [0.15, 0.2) is 59.6 Å². The van der Waals surface area contributed by atoms with Gasteiger partial charge in [0.05, 0.1) is 19.8 Å². The fraction of sp³-hybridized carbons (Fsp3) is 0.350. The van der Waals surface area contributed by atoms with Crippen molar-refractivity contribution in [3.05, 3.63) is 71.3 Å². The van der Waals surface area contributed by atoms with E-state index in [0.717, 1.165) is 38.4 Å². The molecule has 2 aromatic rings. The molecule has 3 N–H and O–H groups in total. The number of nitrogens with two attached hydrogens (primary N) is 1. The van der Waals surface area contributed by atoms with E-state index in [9.17, 15) is 0 Å². The molecule has 5 nitrogen and oxygen atoms in total. The first kappa shape index (κ1) is 17.5. The van der Waals surface area contributed by atoms with Crippen molar-refractivity contribution in [2.75, 3.05) is 26.3 Å². The van der Waals surface area contributed by atoms with E-state index in [1.54, 1.807) is 0 Å². The van der Waals surface area contributed by atoms with Gasteiger partial charge in [-0.1, -0.05) is 54.6 Å². The predicted molar refractivity (Wildman–Crippen MR) is 101 cm³/mol. The van der Waals surface area contributed by atoms with Crippen molar-refractivity contribution in [2.24, 2.45) is 10.7 Å². The molecule has 132 valence electrons. The molecule has 0 amide bonds. The summed E-state index contributed by atoms with van der Waals surface area (Å²) in [5, 5.41) is 3.23. The largest absolute Gasteiger partial charge is 0.379 e. The Morgan fingerprint density at radius 2 is 1.68 bits per heavy atom. The van der Waals surface area contributed by atoms with E-state index in [1.807, 2.05) is 18.2 Å². The highest BCUT2D eigenvalue weighted by molar-refractivity contribution is 5.77. The Hall–Kier alpha value is -2.37. The second-order valence-corrected chi connectivity index (χ2v) is 6.20. The summed E-state index contributed by atoms with van der Waals surface area (Å²) in [5.41, 5.74) is 9.75. The van der Waals surface area contributed by atoms with Crippen molar-refractivity contribution in [1.82, 2.24) is 10.2 Å². The van der Waals surface area contributed by atoms with E-state index in [0.29, 0.717) is 19.0 Å². The molecule has 0 bridgehead atoms. The highest BCUT2D eigenvalue weighted by atomic mass is 16.5. The van der Waals surface area contributed by atoms with Crippen molar-refractivity contribution in [3.63, 3.8) is 0 Å². The minimum atomic E-state index is 0.477. The Bertz CT molecular complexity index is 681. The smallest absolute Gasteiger partial charge is 0.189 e. The average Bonchev–Trinajstić information content (AvgIpc) is 2.67. The number of nitrogens with one attached hydrogen (secondary N) is 1. The summed E-state index contributed by atoms with van der Waals surface area (Å²) in [5.74, 6) is 0.477. The van der Waals surface area contributed by atoms with Crippen LogP contribution in [0.4, 0.5) is 0 Å². The molecule has 0 aliphatic carbocycles. The number of benzene rings is 2. The Morgan fingerprint density at radius 3 is 2.44 bits per heavy atom. The van der Waals surface area contributed by atoms with Crippen LogP contribution >= 0.6 is 0 Å². The molecule has 1 aliphatic heterocycles. The molecule has 0 saturated carbocycles. The molecule has 1 fully saturated rings. The monoisotopic (exact) mass is 338 g/mol. The third-order valence-corrected chi connectivity index (χ3v) is 4.35. The summed E-state index contributed by atoms with van der Waals surface area (Å²) in [6.45, 7) is 5.84. The quantitative estimate of drug-likeness (QED) is 0.626. The summed E-state index contributed by atoms with van der Waals surface area (Å²) in [6.07, 6.45) is 0. The van der Waals surface area contributed by atoms with Crippen LogP contribution in [0.2, 0.25) is 0 Å². The van der Waals surface area contributed by atoms with Crippen LogP contribution in [0.5, 0.6) is 0 Å². The maximum Gasteiger partial charge on any atom is 0.189 e. The SMILES string of the molecule is NC(=NCc1ccccc1)NCc1ccccc1CN1CCOCC1. The lowest BCUT2D eigenvalue weighted by Gasteiger charge is -2.27. The summed E-state index contributed by atoms with van der Waals surface area (Å²) in [7, 11) is 0. The Morgan fingerprint density at radius 1 is 1.00 bits per heavy atom. The van der Waals surface area contributed by atoms with E-state index >= 15 is 0 Å². The summed E-state index contributed by atoms with van der Waals surface area (Å²) >= 11 is 0. The fourth-order valence-electron chi connectivity index (χ4n) is 2.89. The lowest BCUT2D eigenvalue weighted by atomic mass is 10.1. The number of guanidine groups is 1. The normalized spacial score (nSPS) is 15.9. The molecule has 1 saturated heterocycles. The summed E-state index contributed by atoms with van der Waals surface area (Å²) < 4.78 is 5.42. The van der Waals surface area contributed by atoms with Gasteiger partial charge in [-0.05, 0) is 16.7 Å². The second kappa shape index (κ2) is 9.20. The third kappa shape index (κ3) is 5.59. The van der Waals surface area contributed by atoms with E-state index in [2.05, 4.69) is 51.6 Å². The van der Waals surface area contributed by atoms with E-state index in [4.69, 9.17) is 10.5 Å². The topological polar surface area (TPSA) is 62.9 Å². The maximum absolute atomic E-state index is 6.02. The fourth-order valence-corrected chi connectivity index (χ4v) is 2.89. The molecule has 5 heteroatoms. The van der Waals surface area contributed by atoms with Crippen molar-refractivity contribution < 1.29 is 4.74 Å². The summed E-state index contributed by atoms with van der Waals surface area (Å²) in [4.78, 5) is 6.84. The molecule has 0 radical (unpaired) electrons. The van der Waals surface area contributed by atoms with Crippen LogP contribution < -0.4 is 11.1 Å². The van der Waals surface area contributed by atoms with Gasteiger partial charge in [0.1, 0.15) is 0 Å². The first-order valence-electron chi connectivity index (χ1n) is 8.76. The third-order valence-electron chi connectivity index (χ3n) is 4.35. The Labute approximate surface area is 149 Å². The number of nitrogens with zero attached hydrogens (tertiary/aromatic N) is 2. The number of ether oxygens (including phenoxy) is 1. The van der Waals surface area contributed by atoms with Gasteiger partial charge in [0.25, 0.3) is 0 Å². The van der Waals surface area contributed by atoms with Crippen LogP contribution in [-0.4, -0.2) is 37.2 Å². The van der Waals surface area contributed by atoms with Gasteiger partial charge >= 0.3 is 0 Å². The van der Waals surface area contributed by atoms with Crippen LogP contribution in [0, 0.1) is 0 Å². The zero-order valence-electron chi connectivity index (χ0n) is 14.5. The number of aliphatic imine (C=N–C) groups is 1. The van der Waals surface area contributed by atoms with Crippen LogP contribution in [-0.2, 0) is 24.4 Å². The molecule has 1 aliphatic rings. The highest BCUT2D eigenvalue weighted by Gasteiger charge is 2.12. The van der Waals surface area contributed by atoms with Gasteiger partial charge in [0.2, 0.25) is 0 Å². The van der Waals surface area contributed by atoms with Gasteiger partial charge in [0.15, 0.2) is 5.96 Å². The van der Waals surface area contributed by atoms with E-state index in [1.165, 1.54) is 11.1 Å². The second-order valence-electron chi connectivity index (χ2n) is 6.20. The Balaban J connectivity index is 1.55. The molecule has 0 atom stereocenters. The molecule has 1 heterocycles. The van der Waals surface area contributed by atoms with Crippen LogP contribution in [0.25, 0.3) is 0 Å². The zero-order valence-corrected chi connectivity index (χ0v) is 14.5.